The zero-order valence-corrected chi connectivity index (χ0v) is 7.17. The quantitative estimate of drug-likeness (QED) is 0.601. The minimum absolute atomic E-state index is 0.205. The largest absolute Gasteiger partial charge is 0.481 e. The normalized spacial score (nSPS) is 12.9. The van der Waals surface area contributed by atoms with Crippen LogP contribution in [0.4, 0.5) is 0 Å². The van der Waals surface area contributed by atoms with E-state index >= 15 is 0 Å². The maximum atomic E-state index is 10.1. The van der Waals surface area contributed by atoms with Crippen LogP contribution < -0.4 is 0 Å². The van der Waals surface area contributed by atoms with Gasteiger partial charge in [-0.3, -0.25) is 4.79 Å². The number of ether oxygens (including phenoxy) is 1. The summed E-state index contributed by atoms with van der Waals surface area (Å²) in [5, 5.41) is 8.28. The van der Waals surface area contributed by atoms with Crippen molar-refractivity contribution in [1.82, 2.24) is 0 Å². The molecule has 0 aliphatic carbocycles. The summed E-state index contributed by atoms with van der Waals surface area (Å²) in [5.74, 6) is -0.752. The van der Waals surface area contributed by atoms with Crippen LogP contribution in [0.1, 0.15) is 33.1 Å². The number of hydrogen-bond donors (Lipinski definition) is 1. The molecule has 1 N–H and O–H groups in total. The second-order valence-corrected chi connectivity index (χ2v) is 2.59. The van der Waals surface area contributed by atoms with Gasteiger partial charge in [0, 0.05) is 13.0 Å². The molecule has 0 saturated carbocycles. The third-order valence-electron chi connectivity index (χ3n) is 1.51. The van der Waals surface area contributed by atoms with E-state index in [0.717, 1.165) is 6.42 Å². The molecule has 0 rings (SSSR count). The van der Waals surface area contributed by atoms with Crippen LogP contribution in [0.5, 0.6) is 0 Å². The minimum atomic E-state index is -0.752. The Morgan fingerprint density at radius 3 is 2.73 bits per heavy atom. The summed E-state index contributed by atoms with van der Waals surface area (Å²) in [6.45, 7) is 4.59. The van der Waals surface area contributed by atoms with Crippen LogP contribution in [0.15, 0.2) is 0 Å². The summed E-state index contributed by atoms with van der Waals surface area (Å²) in [6.07, 6.45) is 2.05. The standard InChI is InChI=1S/C8H16O3/c1-3-7(2)11-6-4-5-8(9)10/h7H,3-6H2,1-2H3,(H,9,10). The maximum Gasteiger partial charge on any atom is 0.303 e. The van der Waals surface area contributed by atoms with Crippen molar-refractivity contribution in [2.75, 3.05) is 6.61 Å². The minimum Gasteiger partial charge on any atom is -0.481 e. The predicted molar refractivity (Wildman–Crippen MR) is 42.6 cm³/mol. The van der Waals surface area contributed by atoms with Gasteiger partial charge >= 0.3 is 5.97 Å². The lowest BCUT2D eigenvalue weighted by Gasteiger charge is -2.08. The summed E-state index contributed by atoms with van der Waals surface area (Å²) in [5.41, 5.74) is 0. The molecule has 0 aromatic heterocycles. The summed E-state index contributed by atoms with van der Waals surface area (Å²) >= 11 is 0. The SMILES string of the molecule is CCC(C)OCCCC(=O)O. The first kappa shape index (κ1) is 10.4. The highest BCUT2D eigenvalue weighted by Crippen LogP contribution is 1.98. The van der Waals surface area contributed by atoms with E-state index in [9.17, 15) is 4.79 Å². The average Bonchev–Trinajstić information content (AvgIpc) is 1.97. The monoisotopic (exact) mass is 160 g/mol. The van der Waals surface area contributed by atoms with Gasteiger partial charge in [-0.2, -0.15) is 0 Å². The van der Waals surface area contributed by atoms with Crippen LogP contribution in [0.3, 0.4) is 0 Å². The highest BCUT2D eigenvalue weighted by molar-refractivity contribution is 5.66. The Balaban J connectivity index is 3.08. The number of carboxylic acid groups (broad SMARTS) is 1. The maximum absolute atomic E-state index is 10.1. The Hall–Kier alpha value is -0.570. The molecule has 0 aliphatic rings. The first-order valence-electron chi connectivity index (χ1n) is 4.00. The lowest BCUT2D eigenvalue weighted by atomic mass is 10.3. The molecule has 0 aromatic rings. The molecule has 1 atom stereocenters. The van der Waals surface area contributed by atoms with Crippen molar-refractivity contribution in [3.05, 3.63) is 0 Å². The van der Waals surface area contributed by atoms with Gasteiger partial charge in [0.1, 0.15) is 0 Å². The molecule has 0 heterocycles. The van der Waals surface area contributed by atoms with E-state index in [-0.39, 0.29) is 12.5 Å². The summed E-state index contributed by atoms with van der Waals surface area (Å²) in [4.78, 5) is 10.1. The van der Waals surface area contributed by atoms with Crippen LogP contribution in [0, 0.1) is 0 Å². The van der Waals surface area contributed by atoms with Gasteiger partial charge in [0.15, 0.2) is 0 Å². The van der Waals surface area contributed by atoms with Gasteiger partial charge in [0.05, 0.1) is 6.10 Å². The van der Waals surface area contributed by atoms with Crippen LogP contribution in [-0.4, -0.2) is 23.8 Å². The van der Waals surface area contributed by atoms with E-state index in [1.165, 1.54) is 0 Å². The molecule has 0 aliphatic heterocycles. The van der Waals surface area contributed by atoms with E-state index < -0.39 is 5.97 Å². The van der Waals surface area contributed by atoms with Crippen molar-refractivity contribution < 1.29 is 14.6 Å². The summed E-state index contributed by atoms with van der Waals surface area (Å²) < 4.78 is 5.28. The second kappa shape index (κ2) is 6.16. The molecule has 66 valence electrons. The predicted octanol–water partition coefficient (Wildman–Crippen LogP) is 1.67. The molecule has 0 amide bonds. The fraction of sp³-hybridized carbons (Fsp3) is 0.875. The van der Waals surface area contributed by atoms with Crippen molar-refractivity contribution in [1.29, 1.82) is 0 Å². The molecule has 3 heteroatoms. The van der Waals surface area contributed by atoms with Crippen molar-refractivity contribution in [3.8, 4) is 0 Å². The van der Waals surface area contributed by atoms with Crippen molar-refractivity contribution in [3.63, 3.8) is 0 Å². The highest BCUT2D eigenvalue weighted by Gasteiger charge is 1.99. The summed E-state index contributed by atoms with van der Waals surface area (Å²) in [7, 11) is 0. The molecular formula is C8H16O3. The topological polar surface area (TPSA) is 46.5 Å². The third kappa shape index (κ3) is 7.33. The van der Waals surface area contributed by atoms with E-state index in [1.54, 1.807) is 0 Å². The van der Waals surface area contributed by atoms with Crippen molar-refractivity contribution in [2.24, 2.45) is 0 Å². The lowest BCUT2D eigenvalue weighted by Crippen LogP contribution is -2.08. The number of aliphatic carboxylic acids is 1. The highest BCUT2D eigenvalue weighted by atomic mass is 16.5. The number of carbonyl (C=O) groups is 1. The molecule has 0 spiro atoms. The van der Waals surface area contributed by atoms with Gasteiger partial charge in [0.2, 0.25) is 0 Å². The van der Waals surface area contributed by atoms with Crippen LogP contribution in [0.2, 0.25) is 0 Å². The molecule has 0 saturated heterocycles. The van der Waals surface area contributed by atoms with Crippen molar-refractivity contribution in [2.45, 2.75) is 39.2 Å². The fourth-order valence-electron chi connectivity index (χ4n) is 0.626. The molecule has 0 aromatic carbocycles. The molecule has 3 nitrogen and oxygen atoms in total. The average molecular weight is 160 g/mol. The van der Waals surface area contributed by atoms with Gasteiger partial charge in [-0.15, -0.1) is 0 Å². The molecular weight excluding hydrogens is 144 g/mol. The zero-order chi connectivity index (χ0) is 8.69. The molecule has 0 fully saturated rings. The van der Waals surface area contributed by atoms with Gasteiger partial charge in [0.25, 0.3) is 0 Å². The smallest absolute Gasteiger partial charge is 0.303 e. The van der Waals surface area contributed by atoms with Gasteiger partial charge in [-0.1, -0.05) is 6.92 Å². The fourth-order valence-corrected chi connectivity index (χ4v) is 0.626. The van der Waals surface area contributed by atoms with Crippen LogP contribution in [0.25, 0.3) is 0 Å². The van der Waals surface area contributed by atoms with Crippen molar-refractivity contribution >= 4 is 5.97 Å². The van der Waals surface area contributed by atoms with Crippen LogP contribution in [-0.2, 0) is 9.53 Å². The Morgan fingerprint density at radius 1 is 1.64 bits per heavy atom. The van der Waals surface area contributed by atoms with E-state index in [2.05, 4.69) is 0 Å². The Kier molecular flexibility index (Phi) is 5.84. The number of carboxylic acids is 1. The first-order chi connectivity index (χ1) is 5.16. The van der Waals surface area contributed by atoms with E-state index in [1.807, 2.05) is 13.8 Å². The molecule has 0 bridgehead atoms. The lowest BCUT2D eigenvalue weighted by molar-refractivity contribution is -0.137. The number of hydrogen-bond acceptors (Lipinski definition) is 2. The van der Waals surface area contributed by atoms with Gasteiger partial charge in [-0.25, -0.2) is 0 Å². The van der Waals surface area contributed by atoms with Gasteiger partial charge < -0.3 is 9.84 Å². The Morgan fingerprint density at radius 2 is 2.27 bits per heavy atom. The Labute approximate surface area is 67.4 Å². The van der Waals surface area contributed by atoms with E-state index in [0.29, 0.717) is 13.0 Å². The molecule has 0 radical (unpaired) electrons. The first-order valence-corrected chi connectivity index (χ1v) is 4.00. The Bertz CT molecular complexity index is 112. The number of rotatable bonds is 6. The molecule has 1 unspecified atom stereocenters. The van der Waals surface area contributed by atoms with Gasteiger partial charge in [-0.05, 0) is 19.8 Å². The van der Waals surface area contributed by atoms with E-state index in [4.69, 9.17) is 9.84 Å². The molecule has 11 heavy (non-hydrogen) atoms. The summed E-state index contributed by atoms with van der Waals surface area (Å²) in [6, 6.07) is 0. The van der Waals surface area contributed by atoms with Crippen LogP contribution >= 0.6 is 0 Å². The zero-order valence-electron chi connectivity index (χ0n) is 7.17. The third-order valence-corrected chi connectivity index (χ3v) is 1.51. The second-order valence-electron chi connectivity index (χ2n) is 2.59.